The van der Waals surface area contributed by atoms with Gasteiger partial charge in [0, 0.05) is 23.4 Å². The van der Waals surface area contributed by atoms with Crippen LogP contribution in [0, 0.1) is 5.82 Å². The summed E-state index contributed by atoms with van der Waals surface area (Å²) in [6.07, 6.45) is 1.82. The van der Waals surface area contributed by atoms with E-state index < -0.39 is 5.97 Å². The van der Waals surface area contributed by atoms with Crippen molar-refractivity contribution in [1.29, 1.82) is 0 Å². The molecule has 2 aromatic heterocycles. The average molecular weight is 271 g/mol. The summed E-state index contributed by atoms with van der Waals surface area (Å²) in [7, 11) is 0. The van der Waals surface area contributed by atoms with Gasteiger partial charge in [0.05, 0.1) is 11.9 Å². The highest BCUT2D eigenvalue weighted by atomic mass is 19.1. The van der Waals surface area contributed by atoms with Gasteiger partial charge in [0.2, 0.25) is 0 Å². The predicted molar refractivity (Wildman–Crippen MR) is 70.8 cm³/mol. The first-order valence-corrected chi connectivity index (χ1v) is 6.05. The van der Waals surface area contributed by atoms with Gasteiger partial charge < -0.3 is 5.11 Å². The van der Waals surface area contributed by atoms with Gasteiger partial charge in [-0.25, -0.2) is 19.3 Å². The molecule has 1 N–H and O–H groups in total. The monoisotopic (exact) mass is 271 g/mol. The van der Waals surface area contributed by atoms with Crippen LogP contribution < -0.4 is 0 Å². The summed E-state index contributed by atoms with van der Waals surface area (Å²) >= 11 is 0. The number of carboxylic acids is 1. The molecule has 6 heteroatoms. The van der Waals surface area contributed by atoms with Crippen molar-refractivity contribution in [3.05, 3.63) is 42.1 Å². The number of benzene rings is 1. The van der Waals surface area contributed by atoms with Crippen LogP contribution in [-0.4, -0.2) is 26.0 Å². The summed E-state index contributed by atoms with van der Waals surface area (Å²) in [5, 5.41) is 10.0. The van der Waals surface area contributed by atoms with E-state index >= 15 is 0 Å². The fourth-order valence-corrected chi connectivity index (χ4v) is 1.97. The summed E-state index contributed by atoms with van der Waals surface area (Å²) in [6, 6.07) is 6.10. The average Bonchev–Trinajstić information content (AvgIpc) is 2.42. The lowest BCUT2D eigenvalue weighted by molar-refractivity contribution is -0.137. The highest BCUT2D eigenvalue weighted by molar-refractivity contribution is 5.90. The van der Waals surface area contributed by atoms with Crippen molar-refractivity contribution >= 4 is 27.9 Å². The number of aromatic nitrogens is 3. The third-order valence-corrected chi connectivity index (χ3v) is 2.94. The third-order valence-electron chi connectivity index (χ3n) is 2.94. The number of hydrogen-bond donors (Lipinski definition) is 1. The quantitative estimate of drug-likeness (QED) is 0.740. The lowest BCUT2D eigenvalue weighted by atomic mass is 10.2. The topological polar surface area (TPSA) is 76.0 Å². The number of rotatable bonds is 3. The van der Waals surface area contributed by atoms with Crippen LogP contribution in [0.1, 0.15) is 12.2 Å². The second kappa shape index (κ2) is 4.80. The third kappa shape index (κ3) is 2.40. The number of pyridine rings is 1. The predicted octanol–water partition coefficient (Wildman–Crippen LogP) is 2.33. The van der Waals surface area contributed by atoms with Crippen LogP contribution in [0.5, 0.6) is 0 Å². The molecule has 0 fully saturated rings. The molecule has 0 atom stereocenters. The van der Waals surface area contributed by atoms with E-state index in [2.05, 4.69) is 15.0 Å². The van der Waals surface area contributed by atoms with E-state index in [0.717, 1.165) is 0 Å². The summed E-state index contributed by atoms with van der Waals surface area (Å²) in [4.78, 5) is 23.2. The van der Waals surface area contributed by atoms with Crippen LogP contribution >= 0.6 is 0 Å². The van der Waals surface area contributed by atoms with Crippen molar-refractivity contribution < 1.29 is 14.3 Å². The maximum absolute atomic E-state index is 13.2. The minimum Gasteiger partial charge on any atom is -0.481 e. The van der Waals surface area contributed by atoms with E-state index in [1.165, 1.54) is 12.1 Å². The number of carbonyl (C=O) groups is 1. The fraction of sp³-hybridized carbons (Fsp3) is 0.143. The van der Waals surface area contributed by atoms with Gasteiger partial charge in [0.25, 0.3) is 0 Å². The van der Waals surface area contributed by atoms with E-state index in [0.29, 0.717) is 27.8 Å². The minimum absolute atomic E-state index is 0.0235. The zero-order valence-electron chi connectivity index (χ0n) is 10.4. The Morgan fingerprint density at radius 2 is 2.05 bits per heavy atom. The summed E-state index contributed by atoms with van der Waals surface area (Å²) in [6.45, 7) is 0. The molecule has 0 radical (unpaired) electrons. The molecular weight excluding hydrogens is 261 g/mol. The Morgan fingerprint density at radius 1 is 1.20 bits per heavy atom. The lowest BCUT2D eigenvalue weighted by Crippen LogP contribution is -2.02. The molecule has 0 aliphatic heterocycles. The van der Waals surface area contributed by atoms with Gasteiger partial charge in [0.15, 0.2) is 5.65 Å². The van der Waals surface area contributed by atoms with E-state index in [1.807, 2.05) is 0 Å². The van der Waals surface area contributed by atoms with Crippen LogP contribution in [0.3, 0.4) is 0 Å². The lowest BCUT2D eigenvalue weighted by Gasteiger charge is -2.03. The Kier molecular flexibility index (Phi) is 2.98. The number of aliphatic carboxylic acids is 1. The molecule has 2 heterocycles. The first-order valence-electron chi connectivity index (χ1n) is 6.05. The molecule has 0 saturated heterocycles. The Labute approximate surface area is 113 Å². The van der Waals surface area contributed by atoms with Gasteiger partial charge in [0.1, 0.15) is 11.6 Å². The van der Waals surface area contributed by atoms with Crippen LogP contribution in [-0.2, 0) is 11.2 Å². The van der Waals surface area contributed by atoms with Crippen LogP contribution in [0.15, 0.2) is 30.5 Å². The summed E-state index contributed by atoms with van der Waals surface area (Å²) in [5.74, 6) is -0.776. The minimum atomic E-state index is -0.893. The van der Waals surface area contributed by atoms with Crippen LogP contribution in [0.25, 0.3) is 21.9 Å². The van der Waals surface area contributed by atoms with Gasteiger partial charge in [-0.15, -0.1) is 0 Å². The van der Waals surface area contributed by atoms with Crippen LogP contribution in [0.4, 0.5) is 4.39 Å². The van der Waals surface area contributed by atoms with Gasteiger partial charge in [-0.2, -0.15) is 0 Å². The molecule has 20 heavy (non-hydrogen) atoms. The Bertz CT molecular complexity index is 820. The van der Waals surface area contributed by atoms with E-state index in [4.69, 9.17) is 5.11 Å². The maximum atomic E-state index is 13.2. The maximum Gasteiger partial charge on any atom is 0.303 e. The second-order valence-corrected chi connectivity index (χ2v) is 4.42. The molecule has 0 aliphatic carbocycles. The number of carboxylic acid groups (broad SMARTS) is 1. The number of nitrogens with zero attached hydrogens (tertiary/aromatic N) is 3. The Hall–Kier alpha value is -2.63. The Morgan fingerprint density at radius 3 is 2.85 bits per heavy atom. The molecule has 5 nitrogen and oxygen atoms in total. The van der Waals surface area contributed by atoms with Crippen LogP contribution in [0.2, 0.25) is 0 Å². The van der Waals surface area contributed by atoms with Crippen molar-refractivity contribution in [3.63, 3.8) is 0 Å². The van der Waals surface area contributed by atoms with Gasteiger partial charge in [-0.1, -0.05) is 0 Å². The van der Waals surface area contributed by atoms with Gasteiger partial charge in [-0.05, 0) is 24.3 Å². The number of halogens is 1. The zero-order chi connectivity index (χ0) is 14.1. The highest BCUT2D eigenvalue weighted by Gasteiger charge is 2.06. The largest absolute Gasteiger partial charge is 0.481 e. The van der Waals surface area contributed by atoms with E-state index in [-0.39, 0.29) is 18.7 Å². The molecule has 0 unspecified atom stereocenters. The smallest absolute Gasteiger partial charge is 0.303 e. The molecule has 3 aromatic rings. The molecule has 0 bridgehead atoms. The molecule has 100 valence electrons. The number of hydrogen-bond acceptors (Lipinski definition) is 4. The molecule has 0 spiro atoms. The van der Waals surface area contributed by atoms with Crippen molar-refractivity contribution in [2.24, 2.45) is 0 Å². The molecule has 3 rings (SSSR count). The zero-order valence-corrected chi connectivity index (χ0v) is 10.4. The first kappa shape index (κ1) is 12.4. The number of aryl methyl sites for hydroxylation is 1. The van der Waals surface area contributed by atoms with Crippen molar-refractivity contribution in [3.8, 4) is 0 Å². The molecule has 1 aromatic carbocycles. The van der Waals surface area contributed by atoms with Gasteiger partial charge in [-0.3, -0.25) is 4.79 Å². The molecule has 0 aliphatic rings. The van der Waals surface area contributed by atoms with Gasteiger partial charge >= 0.3 is 5.97 Å². The summed E-state index contributed by atoms with van der Waals surface area (Å²) in [5.41, 5.74) is 1.13. The summed E-state index contributed by atoms with van der Waals surface area (Å²) < 4.78 is 13.2. The SMILES string of the molecule is O=C(O)CCc1ncc2cc3cc(F)ccc3nc2n1. The molecule has 0 saturated carbocycles. The molecule has 0 amide bonds. The standard InChI is InChI=1S/C14H10FN3O2/c15-10-1-2-11-8(6-10)5-9-7-16-12(3-4-13(19)20)18-14(9)17-11/h1-2,5-7H,3-4H2,(H,19,20). The first-order chi connectivity index (χ1) is 9.61. The van der Waals surface area contributed by atoms with Crippen molar-refractivity contribution in [2.45, 2.75) is 12.8 Å². The fourth-order valence-electron chi connectivity index (χ4n) is 1.97. The Balaban J connectivity index is 2.07. The van der Waals surface area contributed by atoms with Crippen molar-refractivity contribution in [2.75, 3.05) is 0 Å². The molecular formula is C14H10FN3O2. The van der Waals surface area contributed by atoms with E-state index in [9.17, 15) is 9.18 Å². The van der Waals surface area contributed by atoms with E-state index in [1.54, 1.807) is 18.3 Å². The number of fused-ring (bicyclic) bond motifs is 2. The second-order valence-electron chi connectivity index (χ2n) is 4.42. The normalized spacial score (nSPS) is 11.1. The highest BCUT2D eigenvalue weighted by Crippen LogP contribution is 2.19. The van der Waals surface area contributed by atoms with Crippen molar-refractivity contribution in [1.82, 2.24) is 15.0 Å².